The summed E-state index contributed by atoms with van der Waals surface area (Å²) in [6, 6.07) is 19.5. The van der Waals surface area contributed by atoms with Gasteiger partial charge in [0.25, 0.3) is 11.7 Å². The van der Waals surface area contributed by atoms with Gasteiger partial charge in [0.2, 0.25) is 0 Å². The third kappa shape index (κ3) is 5.41. The van der Waals surface area contributed by atoms with Crippen LogP contribution < -0.4 is 14.2 Å². The lowest BCUT2D eigenvalue weighted by Crippen LogP contribution is -2.29. The average Bonchev–Trinajstić information content (AvgIpc) is 3.46. The van der Waals surface area contributed by atoms with Crippen LogP contribution in [0.15, 0.2) is 72.3 Å². The first-order valence-corrected chi connectivity index (χ1v) is 13.8. The Kier molecular flexibility index (Phi) is 8.10. The number of methoxy groups -OCH3 is 1. The maximum atomic E-state index is 13.5. The molecule has 3 aromatic rings. The van der Waals surface area contributed by atoms with Gasteiger partial charge in [0.1, 0.15) is 17.6 Å². The van der Waals surface area contributed by atoms with Crippen molar-refractivity contribution in [2.75, 3.05) is 13.7 Å². The third-order valence-electron chi connectivity index (χ3n) is 7.41. The molecule has 7 nitrogen and oxygen atoms in total. The molecule has 1 saturated heterocycles. The number of hydrogen-bond donors (Lipinski definition) is 1. The van der Waals surface area contributed by atoms with Crippen molar-refractivity contribution in [1.29, 1.82) is 0 Å². The number of Topliss-reactive ketones (excluding diaryl/α,β-unsaturated/α-hetero) is 1. The molecule has 0 aliphatic carbocycles. The molecule has 2 heterocycles. The molecule has 5 rings (SSSR count). The van der Waals surface area contributed by atoms with Crippen molar-refractivity contribution < 1.29 is 28.9 Å². The van der Waals surface area contributed by atoms with Crippen LogP contribution in [0.25, 0.3) is 5.76 Å². The van der Waals surface area contributed by atoms with Crippen molar-refractivity contribution in [2.24, 2.45) is 0 Å². The Balaban J connectivity index is 1.58. The minimum absolute atomic E-state index is 0.0408. The Hall–Kier alpha value is -4.26. The molecule has 0 radical (unpaired) electrons. The zero-order valence-corrected chi connectivity index (χ0v) is 23.2. The van der Waals surface area contributed by atoms with Crippen LogP contribution in [0.2, 0.25) is 0 Å². The molecule has 40 heavy (non-hydrogen) atoms. The van der Waals surface area contributed by atoms with Crippen molar-refractivity contribution in [3.63, 3.8) is 0 Å². The molecule has 2 atom stereocenters. The second-order valence-corrected chi connectivity index (χ2v) is 10.3. The summed E-state index contributed by atoms with van der Waals surface area (Å²) in [5.41, 5.74) is 3.00. The molecule has 2 unspecified atom stereocenters. The standard InChI is InChI=1S/C33H35NO6/c1-4-5-9-16-39-27-15-12-23(19-28(27)38-3)30-29(31(35)24-13-14-26-25(18-24)17-21(2)40-26)32(36)33(37)34(30)20-22-10-7-6-8-11-22/h6-8,10-15,18-19,21,30,35H,4-5,9,16-17,20H2,1-3H3/b31-29-. The molecule has 3 aromatic carbocycles. The number of unbranched alkanes of at least 4 members (excludes halogenated alkanes) is 2. The Labute approximate surface area is 235 Å². The zero-order chi connectivity index (χ0) is 28.2. The van der Waals surface area contributed by atoms with Crippen LogP contribution >= 0.6 is 0 Å². The summed E-state index contributed by atoms with van der Waals surface area (Å²) in [5, 5.41) is 11.6. The van der Waals surface area contributed by atoms with Crippen molar-refractivity contribution >= 4 is 17.4 Å². The summed E-state index contributed by atoms with van der Waals surface area (Å²) < 4.78 is 17.4. The molecule has 208 valence electrons. The molecule has 0 spiro atoms. The Morgan fingerprint density at radius 1 is 1.02 bits per heavy atom. The fourth-order valence-corrected chi connectivity index (χ4v) is 5.40. The highest BCUT2D eigenvalue weighted by atomic mass is 16.5. The van der Waals surface area contributed by atoms with E-state index in [1.54, 1.807) is 31.4 Å². The Morgan fingerprint density at radius 3 is 2.58 bits per heavy atom. The van der Waals surface area contributed by atoms with Crippen LogP contribution in [0.5, 0.6) is 17.2 Å². The van der Waals surface area contributed by atoms with E-state index in [-0.39, 0.29) is 24.0 Å². The number of amides is 1. The molecule has 1 amide bonds. The Bertz CT molecular complexity index is 1430. The summed E-state index contributed by atoms with van der Waals surface area (Å²) in [6.45, 7) is 4.90. The smallest absolute Gasteiger partial charge is 0.295 e. The first-order valence-electron chi connectivity index (χ1n) is 13.8. The SMILES string of the molecule is CCCCCOc1ccc(C2/C(=C(/O)c3ccc4c(c3)CC(C)O4)C(=O)C(=O)N2Cc2ccccc2)cc1OC. The van der Waals surface area contributed by atoms with Crippen LogP contribution in [0.3, 0.4) is 0 Å². The molecule has 2 aliphatic heterocycles. The van der Waals surface area contributed by atoms with E-state index >= 15 is 0 Å². The maximum Gasteiger partial charge on any atom is 0.295 e. The number of ether oxygens (including phenoxy) is 3. The second kappa shape index (κ2) is 11.9. The number of benzene rings is 3. The summed E-state index contributed by atoms with van der Waals surface area (Å²) in [4.78, 5) is 28.5. The number of nitrogens with zero attached hydrogens (tertiary/aromatic N) is 1. The number of carbonyl (C=O) groups excluding carboxylic acids is 2. The molecule has 0 bridgehead atoms. The largest absolute Gasteiger partial charge is 0.507 e. The van der Waals surface area contributed by atoms with Gasteiger partial charge in [-0.2, -0.15) is 0 Å². The van der Waals surface area contributed by atoms with Gasteiger partial charge in [0.05, 0.1) is 25.3 Å². The number of rotatable bonds is 10. The number of carbonyl (C=O) groups is 2. The highest BCUT2D eigenvalue weighted by molar-refractivity contribution is 6.46. The van der Waals surface area contributed by atoms with E-state index in [9.17, 15) is 14.7 Å². The number of hydrogen-bond acceptors (Lipinski definition) is 6. The summed E-state index contributed by atoms with van der Waals surface area (Å²) >= 11 is 0. The van der Waals surface area contributed by atoms with Gasteiger partial charge in [-0.3, -0.25) is 9.59 Å². The van der Waals surface area contributed by atoms with E-state index < -0.39 is 17.7 Å². The van der Waals surface area contributed by atoms with Crippen LogP contribution in [-0.4, -0.2) is 41.5 Å². The van der Waals surface area contributed by atoms with Crippen molar-refractivity contribution in [1.82, 2.24) is 4.90 Å². The number of aliphatic hydroxyl groups is 1. The third-order valence-corrected chi connectivity index (χ3v) is 7.41. The number of fused-ring (bicyclic) bond motifs is 1. The topological polar surface area (TPSA) is 85.3 Å². The molecule has 1 N–H and O–H groups in total. The van der Waals surface area contributed by atoms with Crippen molar-refractivity contribution in [3.05, 3.63) is 94.6 Å². The predicted molar refractivity (Wildman–Crippen MR) is 153 cm³/mol. The molecule has 0 aromatic heterocycles. The van der Waals surface area contributed by atoms with Gasteiger partial charge >= 0.3 is 0 Å². The number of ketones is 1. The van der Waals surface area contributed by atoms with Crippen molar-refractivity contribution in [3.8, 4) is 17.2 Å². The quantitative estimate of drug-likeness (QED) is 0.142. The van der Waals surface area contributed by atoms with Crippen LogP contribution in [0.4, 0.5) is 0 Å². The monoisotopic (exact) mass is 541 g/mol. The van der Waals surface area contributed by atoms with E-state index in [0.717, 1.165) is 36.1 Å². The molecule has 0 saturated carbocycles. The summed E-state index contributed by atoms with van der Waals surface area (Å²) in [7, 11) is 1.56. The summed E-state index contributed by atoms with van der Waals surface area (Å²) in [6.07, 6.45) is 3.85. The molecule has 1 fully saturated rings. The van der Waals surface area contributed by atoms with Gasteiger partial charge in [-0.05, 0) is 60.4 Å². The van der Waals surface area contributed by atoms with E-state index in [0.29, 0.717) is 35.7 Å². The highest BCUT2D eigenvalue weighted by Crippen LogP contribution is 2.43. The normalized spacial score (nSPS) is 19.4. The van der Waals surface area contributed by atoms with E-state index in [1.165, 1.54) is 4.90 Å². The van der Waals surface area contributed by atoms with Gasteiger partial charge in [-0.15, -0.1) is 0 Å². The first-order chi connectivity index (χ1) is 19.4. The minimum atomic E-state index is -0.813. The first kappa shape index (κ1) is 27.3. The van der Waals surface area contributed by atoms with Crippen LogP contribution in [-0.2, 0) is 22.6 Å². The van der Waals surface area contributed by atoms with Gasteiger partial charge in [0.15, 0.2) is 11.5 Å². The molecule has 7 heteroatoms. The number of aliphatic hydroxyl groups excluding tert-OH is 1. The maximum absolute atomic E-state index is 13.5. The lowest BCUT2D eigenvalue weighted by molar-refractivity contribution is -0.140. The minimum Gasteiger partial charge on any atom is -0.507 e. The average molecular weight is 542 g/mol. The predicted octanol–water partition coefficient (Wildman–Crippen LogP) is 6.21. The fraction of sp³-hybridized carbons (Fsp3) is 0.333. The van der Waals surface area contributed by atoms with Gasteiger partial charge < -0.3 is 24.2 Å². The second-order valence-electron chi connectivity index (χ2n) is 10.3. The molecular formula is C33H35NO6. The lowest BCUT2D eigenvalue weighted by Gasteiger charge is -2.26. The van der Waals surface area contributed by atoms with Crippen LogP contribution in [0.1, 0.15) is 61.4 Å². The number of likely N-dealkylation sites (tertiary alicyclic amines) is 1. The zero-order valence-electron chi connectivity index (χ0n) is 23.2. The van der Waals surface area contributed by atoms with E-state index in [4.69, 9.17) is 14.2 Å². The lowest BCUT2D eigenvalue weighted by atomic mass is 9.94. The van der Waals surface area contributed by atoms with Gasteiger partial charge in [-0.25, -0.2) is 0 Å². The van der Waals surface area contributed by atoms with Crippen LogP contribution in [0, 0.1) is 0 Å². The van der Waals surface area contributed by atoms with Gasteiger partial charge in [-0.1, -0.05) is 56.2 Å². The van der Waals surface area contributed by atoms with E-state index in [2.05, 4.69) is 6.92 Å². The van der Waals surface area contributed by atoms with E-state index in [1.807, 2.05) is 49.4 Å². The summed E-state index contributed by atoms with van der Waals surface area (Å²) in [5.74, 6) is 0.275. The molecule has 2 aliphatic rings. The van der Waals surface area contributed by atoms with Gasteiger partial charge in [0, 0.05) is 18.5 Å². The highest BCUT2D eigenvalue weighted by Gasteiger charge is 2.46. The Morgan fingerprint density at radius 2 is 1.82 bits per heavy atom. The van der Waals surface area contributed by atoms with Crippen molar-refractivity contribution in [2.45, 2.75) is 58.2 Å². The fourth-order valence-electron chi connectivity index (χ4n) is 5.40. The molecular weight excluding hydrogens is 506 g/mol.